The minimum absolute atomic E-state index is 0.740. The van der Waals surface area contributed by atoms with Gasteiger partial charge in [-0.3, -0.25) is 0 Å². The first-order valence-electron chi connectivity index (χ1n) is 4.42. The lowest BCUT2D eigenvalue weighted by atomic mass is 10.2. The van der Waals surface area contributed by atoms with Crippen molar-refractivity contribution in [2.45, 2.75) is 0 Å². The largest absolute Gasteiger partial charge is 0.497 e. The Morgan fingerprint density at radius 3 is 2.53 bits per heavy atom. The highest BCUT2D eigenvalue weighted by molar-refractivity contribution is 14.1. The van der Waals surface area contributed by atoms with Crippen molar-refractivity contribution >= 4 is 22.6 Å². The molecule has 76 valence electrons. The molecular weight excluding hydrogens is 303 g/mol. The smallest absolute Gasteiger partial charge is 0.160 e. The van der Waals surface area contributed by atoms with Crippen LogP contribution < -0.4 is 4.74 Å². The predicted molar refractivity (Wildman–Crippen MR) is 66.7 cm³/mol. The summed E-state index contributed by atoms with van der Waals surface area (Å²) in [6.45, 7) is 0. The first-order chi connectivity index (χ1) is 7.31. The van der Waals surface area contributed by atoms with Crippen LogP contribution in [0.3, 0.4) is 0 Å². The van der Waals surface area contributed by atoms with E-state index < -0.39 is 0 Å². The molecule has 0 saturated carbocycles. The van der Waals surface area contributed by atoms with Crippen LogP contribution >= 0.6 is 22.6 Å². The molecule has 0 unspecified atom stereocenters. The van der Waals surface area contributed by atoms with Crippen LogP contribution in [-0.2, 0) is 0 Å². The molecule has 0 N–H and O–H groups in total. The molecular formula is C11H9IN2O. The van der Waals surface area contributed by atoms with E-state index in [1.54, 1.807) is 25.6 Å². The van der Waals surface area contributed by atoms with E-state index in [-0.39, 0.29) is 0 Å². The average Bonchev–Trinajstić information content (AvgIpc) is 2.30. The van der Waals surface area contributed by atoms with Gasteiger partial charge in [-0.1, -0.05) is 0 Å². The van der Waals surface area contributed by atoms with Crippen molar-refractivity contribution in [3.8, 4) is 17.1 Å². The number of hydrogen-bond donors (Lipinski definition) is 0. The second kappa shape index (κ2) is 4.57. The fraction of sp³-hybridized carbons (Fsp3) is 0.0909. The maximum absolute atomic E-state index is 5.14. The maximum Gasteiger partial charge on any atom is 0.160 e. The highest BCUT2D eigenvalue weighted by atomic mass is 127. The summed E-state index contributed by atoms with van der Waals surface area (Å²) in [5.74, 6) is 1.59. The van der Waals surface area contributed by atoms with Crippen LogP contribution in [0.1, 0.15) is 0 Å². The van der Waals surface area contributed by atoms with Crippen LogP contribution in [0.25, 0.3) is 11.4 Å². The molecule has 15 heavy (non-hydrogen) atoms. The number of halogens is 1. The standard InChI is InChI=1S/C11H9IN2O/c1-15-8-3-4-9(10(12)7-8)11-13-5-2-6-14-11/h2-7H,1H3. The van der Waals surface area contributed by atoms with Crippen molar-refractivity contribution in [1.82, 2.24) is 9.97 Å². The van der Waals surface area contributed by atoms with Gasteiger partial charge in [0.15, 0.2) is 5.82 Å². The first kappa shape index (κ1) is 10.4. The molecule has 4 heteroatoms. The van der Waals surface area contributed by atoms with E-state index in [9.17, 15) is 0 Å². The van der Waals surface area contributed by atoms with Gasteiger partial charge in [0, 0.05) is 21.5 Å². The minimum Gasteiger partial charge on any atom is -0.497 e. The van der Waals surface area contributed by atoms with Crippen molar-refractivity contribution in [3.05, 3.63) is 40.2 Å². The van der Waals surface area contributed by atoms with Crippen LogP contribution in [0.4, 0.5) is 0 Å². The molecule has 0 atom stereocenters. The van der Waals surface area contributed by atoms with Crippen molar-refractivity contribution in [2.24, 2.45) is 0 Å². The number of benzene rings is 1. The molecule has 0 saturated heterocycles. The summed E-state index contributed by atoms with van der Waals surface area (Å²) in [5.41, 5.74) is 1.03. The first-order valence-corrected chi connectivity index (χ1v) is 5.50. The Labute approximate surface area is 102 Å². The maximum atomic E-state index is 5.14. The second-order valence-electron chi connectivity index (χ2n) is 2.92. The van der Waals surface area contributed by atoms with Crippen LogP contribution in [0.15, 0.2) is 36.7 Å². The van der Waals surface area contributed by atoms with Crippen molar-refractivity contribution in [3.63, 3.8) is 0 Å². The van der Waals surface area contributed by atoms with Crippen LogP contribution in [0.5, 0.6) is 5.75 Å². The van der Waals surface area contributed by atoms with Gasteiger partial charge in [0.25, 0.3) is 0 Å². The number of methoxy groups -OCH3 is 1. The molecule has 0 radical (unpaired) electrons. The van der Waals surface area contributed by atoms with Gasteiger partial charge in [-0.25, -0.2) is 9.97 Å². The Morgan fingerprint density at radius 1 is 1.20 bits per heavy atom. The molecule has 1 aromatic heterocycles. The molecule has 0 aliphatic heterocycles. The number of ether oxygens (including phenoxy) is 1. The third-order valence-electron chi connectivity index (χ3n) is 1.98. The number of nitrogens with zero attached hydrogens (tertiary/aromatic N) is 2. The van der Waals surface area contributed by atoms with Crippen LogP contribution in [0, 0.1) is 3.57 Å². The highest BCUT2D eigenvalue weighted by Gasteiger charge is 2.05. The number of hydrogen-bond acceptors (Lipinski definition) is 3. The molecule has 0 amide bonds. The van der Waals surface area contributed by atoms with E-state index in [4.69, 9.17) is 4.74 Å². The second-order valence-corrected chi connectivity index (χ2v) is 4.08. The SMILES string of the molecule is COc1ccc(-c2ncccn2)c(I)c1. The van der Waals surface area contributed by atoms with Gasteiger partial charge in [0.2, 0.25) is 0 Å². The highest BCUT2D eigenvalue weighted by Crippen LogP contribution is 2.25. The van der Waals surface area contributed by atoms with Gasteiger partial charge in [-0.15, -0.1) is 0 Å². The Kier molecular flexibility index (Phi) is 3.15. The number of aromatic nitrogens is 2. The Balaban J connectivity index is 2.46. The van der Waals surface area contributed by atoms with Gasteiger partial charge in [-0.2, -0.15) is 0 Å². The Hall–Kier alpha value is -1.17. The average molecular weight is 312 g/mol. The lowest BCUT2D eigenvalue weighted by Crippen LogP contribution is -1.91. The van der Waals surface area contributed by atoms with E-state index in [0.717, 1.165) is 20.7 Å². The minimum atomic E-state index is 0.740. The quantitative estimate of drug-likeness (QED) is 0.800. The molecule has 1 aromatic carbocycles. The van der Waals surface area contributed by atoms with E-state index in [1.807, 2.05) is 18.2 Å². The van der Waals surface area contributed by atoms with Crippen molar-refractivity contribution < 1.29 is 4.74 Å². The summed E-state index contributed by atoms with van der Waals surface area (Å²) in [4.78, 5) is 8.42. The topological polar surface area (TPSA) is 35.0 Å². The molecule has 1 heterocycles. The molecule has 0 aliphatic carbocycles. The molecule has 0 bridgehead atoms. The summed E-state index contributed by atoms with van der Waals surface area (Å²) in [5, 5.41) is 0. The third-order valence-corrected chi connectivity index (χ3v) is 2.88. The van der Waals surface area contributed by atoms with Gasteiger partial charge < -0.3 is 4.74 Å². The van der Waals surface area contributed by atoms with Crippen LogP contribution in [0.2, 0.25) is 0 Å². The van der Waals surface area contributed by atoms with Crippen molar-refractivity contribution in [1.29, 1.82) is 0 Å². The Morgan fingerprint density at radius 2 is 1.93 bits per heavy atom. The zero-order valence-corrected chi connectivity index (χ0v) is 10.3. The van der Waals surface area contributed by atoms with Crippen LogP contribution in [-0.4, -0.2) is 17.1 Å². The number of rotatable bonds is 2. The van der Waals surface area contributed by atoms with E-state index in [1.165, 1.54) is 0 Å². The lowest BCUT2D eigenvalue weighted by molar-refractivity contribution is 0.414. The zero-order chi connectivity index (χ0) is 10.7. The van der Waals surface area contributed by atoms with Gasteiger partial charge in [-0.05, 0) is 46.9 Å². The summed E-state index contributed by atoms with van der Waals surface area (Å²) in [6, 6.07) is 7.65. The molecule has 2 aromatic rings. The normalized spacial score (nSPS) is 10.0. The predicted octanol–water partition coefficient (Wildman–Crippen LogP) is 2.76. The van der Waals surface area contributed by atoms with Gasteiger partial charge >= 0.3 is 0 Å². The Bertz CT molecular complexity index is 459. The van der Waals surface area contributed by atoms with E-state index in [2.05, 4.69) is 32.6 Å². The molecule has 2 rings (SSSR count). The molecule has 0 aliphatic rings. The van der Waals surface area contributed by atoms with Gasteiger partial charge in [0.1, 0.15) is 5.75 Å². The van der Waals surface area contributed by atoms with E-state index >= 15 is 0 Å². The van der Waals surface area contributed by atoms with Crippen molar-refractivity contribution in [2.75, 3.05) is 7.11 Å². The molecule has 3 nitrogen and oxygen atoms in total. The fourth-order valence-electron chi connectivity index (χ4n) is 1.24. The fourth-order valence-corrected chi connectivity index (χ4v) is 1.97. The summed E-state index contributed by atoms with van der Waals surface area (Å²) in [7, 11) is 1.66. The third kappa shape index (κ3) is 2.26. The molecule has 0 spiro atoms. The summed E-state index contributed by atoms with van der Waals surface area (Å²) >= 11 is 2.25. The zero-order valence-electron chi connectivity index (χ0n) is 8.14. The summed E-state index contributed by atoms with van der Waals surface area (Å²) in [6.07, 6.45) is 3.48. The monoisotopic (exact) mass is 312 g/mol. The summed E-state index contributed by atoms with van der Waals surface area (Å²) < 4.78 is 6.22. The lowest BCUT2D eigenvalue weighted by Gasteiger charge is -2.05. The van der Waals surface area contributed by atoms with E-state index in [0.29, 0.717) is 0 Å². The molecule has 0 fully saturated rings. The van der Waals surface area contributed by atoms with Gasteiger partial charge in [0.05, 0.1) is 7.11 Å².